The van der Waals surface area contributed by atoms with Gasteiger partial charge in [0.2, 0.25) is 5.91 Å². The maximum Gasteiger partial charge on any atom is 0.325 e. The van der Waals surface area contributed by atoms with E-state index in [1.54, 1.807) is 41.3 Å². The Kier molecular flexibility index (Phi) is 8.55. The second-order valence-corrected chi connectivity index (χ2v) is 7.87. The monoisotopic (exact) mass is 470 g/mol. The molecular formula is C24H27FN4O5. The SMILES string of the molecule is COC(=O)CNC(=O)c1ccc(NC(=O)N2CCC(C(=O)NCc3ccc(F)cc3)CC2)cc1. The Morgan fingerprint density at radius 1 is 0.971 bits per heavy atom. The summed E-state index contributed by atoms with van der Waals surface area (Å²) in [5, 5.41) is 8.09. The fourth-order valence-electron chi connectivity index (χ4n) is 3.51. The zero-order valence-electron chi connectivity index (χ0n) is 18.8. The van der Waals surface area contributed by atoms with Crippen molar-refractivity contribution in [3.63, 3.8) is 0 Å². The first kappa shape index (κ1) is 24.7. The molecule has 2 aromatic carbocycles. The molecule has 0 bridgehead atoms. The first-order chi connectivity index (χ1) is 16.4. The molecular weight excluding hydrogens is 443 g/mol. The number of urea groups is 1. The maximum absolute atomic E-state index is 13.0. The zero-order chi connectivity index (χ0) is 24.5. The second-order valence-electron chi connectivity index (χ2n) is 7.87. The summed E-state index contributed by atoms with van der Waals surface area (Å²) in [5.41, 5.74) is 1.68. The molecule has 0 unspecified atom stereocenters. The van der Waals surface area contributed by atoms with Crippen LogP contribution in [0, 0.1) is 11.7 Å². The third-order valence-electron chi connectivity index (χ3n) is 5.55. The summed E-state index contributed by atoms with van der Waals surface area (Å²) < 4.78 is 17.4. The highest BCUT2D eigenvalue weighted by Gasteiger charge is 2.27. The summed E-state index contributed by atoms with van der Waals surface area (Å²) >= 11 is 0. The Morgan fingerprint density at radius 3 is 2.24 bits per heavy atom. The van der Waals surface area contributed by atoms with Gasteiger partial charge in [0.1, 0.15) is 12.4 Å². The van der Waals surface area contributed by atoms with Crippen molar-refractivity contribution in [1.29, 1.82) is 0 Å². The first-order valence-electron chi connectivity index (χ1n) is 10.9. The molecule has 3 rings (SSSR count). The van der Waals surface area contributed by atoms with E-state index in [1.165, 1.54) is 19.2 Å². The summed E-state index contributed by atoms with van der Waals surface area (Å²) in [7, 11) is 1.24. The van der Waals surface area contributed by atoms with Crippen molar-refractivity contribution in [3.8, 4) is 0 Å². The third kappa shape index (κ3) is 7.03. The second kappa shape index (κ2) is 11.8. The molecule has 1 aliphatic rings. The van der Waals surface area contributed by atoms with Gasteiger partial charge in [-0.25, -0.2) is 9.18 Å². The Bertz CT molecular complexity index is 1020. The zero-order valence-corrected chi connectivity index (χ0v) is 18.8. The molecule has 0 spiro atoms. The van der Waals surface area contributed by atoms with Gasteiger partial charge in [0.25, 0.3) is 5.91 Å². The molecule has 10 heteroatoms. The van der Waals surface area contributed by atoms with Gasteiger partial charge in [-0.3, -0.25) is 14.4 Å². The Balaban J connectivity index is 1.41. The van der Waals surface area contributed by atoms with Gasteiger partial charge in [-0.1, -0.05) is 12.1 Å². The number of nitrogens with zero attached hydrogens (tertiary/aromatic N) is 1. The van der Waals surface area contributed by atoms with Crippen LogP contribution in [-0.2, 0) is 20.9 Å². The minimum atomic E-state index is -0.550. The van der Waals surface area contributed by atoms with Crippen molar-refractivity contribution in [2.24, 2.45) is 5.92 Å². The van der Waals surface area contributed by atoms with Crippen molar-refractivity contribution in [2.45, 2.75) is 19.4 Å². The van der Waals surface area contributed by atoms with E-state index in [9.17, 15) is 23.6 Å². The molecule has 1 saturated heterocycles. The number of esters is 1. The van der Waals surface area contributed by atoms with Crippen LogP contribution in [-0.4, -0.2) is 55.5 Å². The lowest BCUT2D eigenvalue weighted by Gasteiger charge is -2.31. The summed E-state index contributed by atoms with van der Waals surface area (Å²) in [6, 6.07) is 12.0. The number of benzene rings is 2. The van der Waals surface area contributed by atoms with E-state index >= 15 is 0 Å². The highest BCUT2D eigenvalue weighted by atomic mass is 19.1. The van der Waals surface area contributed by atoms with Crippen molar-refractivity contribution >= 4 is 29.5 Å². The van der Waals surface area contributed by atoms with Gasteiger partial charge in [-0.15, -0.1) is 0 Å². The first-order valence-corrected chi connectivity index (χ1v) is 10.9. The molecule has 0 aliphatic carbocycles. The summed E-state index contributed by atoms with van der Waals surface area (Å²) in [4.78, 5) is 49.8. The summed E-state index contributed by atoms with van der Waals surface area (Å²) in [5.74, 6) is -1.56. The van der Waals surface area contributed by atoms with Gasteiger partial charge in [-0.2, -0.15) is 0 Å². The molecule has 34 heavy (non-hydrogen) atoms. The Morgan fingerprint density at radius 2 is 1.62 bits per heavy atom. The highest BCUT2D eigenvalue weighted by molar-refractivity contribution is 5.97. The molecule has 0 aromatic heterocycles. The number of anilines is 1. The number of hydrogen-bond acceptors (Lipinski definition) is 5. The number of amides is 4. The van der Waals surface area contributed by atoms with E-state index in [0.717, 1.165) is 5.56 Å². The number of halogens is 1. The molecule has 0 saturated carbocycles. The predicted octanol–water partition coefficient (Wildman–Crippen LogP) is 2.29. The van der Waals surface area contributed by atoms with Crippen molar-refractivity contribution in [1.82, 2.24) is 15.5 Å². The van der Waals surface area contributed by atoms with E-state index < -0.39 is 11.9 Å². The van der Waals surface area contributed by atoms with E-state index in [4.69, 9.17) is 0 Å². The van der Waals surface area contributed by atoms with E-state index in [2.05, 4.69) is 20.7 Å². The van der Waals surface area contributed by atoms with E-state index in [1.807, 2.05) is 0 Å². The minimum Gasteiger partial charge on any atom is -0.468 e. The van der Waals surface area contributed by atoms with Crippen LogP contribution < -0.4 is 16.0 Å². The summed E-state index contributed by atoms with van der Waals surface area (Å²) in [6.45, 7) is 0.980. The fraction of sp³-hybridized carbons (Fsp3) is 0.333. The topological polar surface area (TPSA) is 117 Å². The fourth-order valence-corrected chi connectivity index (χ4v) is 3.51. The van der Waals surface area contributed by atoms with Crippen LogP contribution in [0.1, 0.15) is 28.8 Å². The molecule has 4 amide bonds. The molecule has 1 fully saturated rings. The number of carbonyl (C=O) groups is 4. The van der Waals surface area contributed by atoms with Gasteiger partial charge in [0.15, 0.2) is 0 Å². The Labute approximate surface area is 196 Å². The molecule has 1 heterocycles. The summed E-state index contributed by atoms with van der Waals surface area (Å²) in [6.07, 6.45) is 1.09. The standard InChI is InChI=1S/C24H27FN4O5/c1-34-21(30)15-27-22(31)17-4-8-20(9-5-17)28-24(33)29-12-10-18(11-13-29)23(32)26-14-16-2-6-19(25)7-3-16/h2-9,18H,10-15H2,1H3,(H,26,32)(H,27,31)(H,28,33). The number of rotatable bonds is 7. The average Bonchev–Trinajstić information content (AvgIpc) is 2.87. The number of carbonyl (C=O) groups excluding carboxylic acids is 4. The van der Waals surface area contributed by atoms with Crippen LogP contribution in [0.25, 0.3) is 0 Å². The van der Waals surface area contributed by atoms with Crippen LogP contribution in [0.5, 0.6) is 0 Å². The smallest absolute Gasteiger partial charge is 0.325 e. The van der Waals surface area contributed by atoms with Crippen molar-refractivity contribution < 1.29 is 28.3 Å². The van der Waals surface area contributed by atoms with Gasteiger partial charge >= 0.3 is 12.0 Å². The van der Waals surface area contributed by atoms with Crippen molar-refractivity contribution in [3.05, 3.63) is 65.5 Å². The number of ether oxygens (including phenoxy) is 1. The third-order valence-corrected chi connectivity index (χ3v) is 5.55. The van der Waals surface area contributed by atoms with Crippen LogP contribution in [0.15, 0.2) is 48.5 Å². The lowest BCUT2D eigenvalue weighted by molar-refractivity contribution is -0.139. The average molecular weight is 471 g/mol. The molecule has 0 atom stereocenters. The lowest BCUT2D eigenvalue weighted by Crippen LogP contribution is -2.44. The van der Waals surface area contributed by atoms with Gasteiger partial charge in [0, 0.05) is 36.8 Å². The number of nitrogens with one attached hydrogen (secondary N) is 3. The van der Waals surface area contributed by atoms with Crippen LogP contribution >= 0.6 is 0 Å². The van der Waals surface area contributed by atoms with Gasteiger partial charge < -0.3 is 25.6 Å². The molecule has 2 aromatic rings. The minimum absolute atomic E-state index is 0.0783. The van der Waals surface area contributed by atoms with Crippen LogP contribution in [0.3, 0.4) is 0 Å². The van der Waals surface area contributed by atoms with E-state index in [-0.39, 0.29) is 30.2 Å². The largest absolute Gasteiger partial charge is 0.468 e. The lowest BCUT2D eigenvalue weighted by atomic mass is 9.96. The van der Waals surface area contributed by atoms with E-state index in [0.29, 0.717) is 43.7 Å². The quantitative estimate of drug-likeness (QED) is 0.537. The number of methoxy groups -OCH3 is 1. The predicted molar refractivity (Wildman–Crippen MR) is 122 cm³/mol. The number of likely N-dealkylation sites (tertiary alicyclic amines) is 1. The Hall–Kier alpha value is -3.95. The highest BCUT2D eigenvalue weighted by Crippen LogP contribution is 2.19. The van der Waals surface area contributed by atoms with Crippen molar-refractivity contribution in [2.75, 3.05) is 32.1 Å². The van der Waals surface area contributed by atoms with Crippen LogP contribution in [0.4, 0.5) is 14.9 Å². The van der Waals surface area contributed by atoms with Crippen LogP contribution in [0.2, 0.25) is 0 Å². The van der Waals surface area contributed by atoms with Gasteiger partial charge in [0.05, 0.1) is 7.11 Å². The molecule has 1 aliphatic heterocycles. The molecule has 180 valence electrons. The maximum atomic E-state index is 13.0. The number of hydrogen-bond donors (Lipinski definition) is 3. The number of piperidine rings is 1. The normalized spacial score (nSPS) is 13.6. The molecule has 0 radical (unpaired) electrons. The molecule has 9 nitrogen and oxygen atoms in total. The van der Waals surface area contributed by atoms with Gasteiger partial charge in [-0.05, 0) is 54.8 Å². The molecule has 3 N–H and O–H groups in total.